The van der Waals surface area contributed by atoms with Crippen molar-refractivity contribution in [1.82, 2.24) is 9.47 Å². The van der Waals surface area contributed by atoms with Crippen LogP contribution in [-0.4, -0.2) is 45.7 Å². The third-order valence-electron chi connectivity index (χ3n) is 8.26. The van der Waals surface area contributed by atoms with E-state index in [-0.39, 0.29) is 17.9 Å². The molecule has 1 aromatic heterocycles. The van der Waals surface area contributed by atoms with Crippen LogP contribution in [0, 0.1) is 20.8 Å². The number of benzene rings is 1. The standard InChI is InChI=1S/C31H39N3O3S/c1-20-17-23(30(36)37-4)15-16-27(20)33-21(2)18-24(22(33)3)19-28-29(35)34(26-13-9-6-10-14-26)31(38-28)32-25-11-7-5-8-12-25/h15-19,25-26H,5-14H2,1-4H3. The van der Waals surface area contributed by atoms with E-state index in [9.17, 15) is 9.59 Å². The van der Waals surface area contributed by atoms with Crippen molar-refractivity contribution in [2.75, 3.05) is 7.11 Å². The number of hydrogen-bond acceptors (Lipinski definition) is 5. The number of aromatic nitrogens is 1. The molecule has 1 aliphatic heterocycles. The Balaban J connectivity index is 1.48. The molecule has 2 aliphatic carbocycles. The molecule has 2 heterocycles. The lowest BCUT2D eigenvalue weighted by Gasteiger charge is -2.31. The van der Waals surface area contributed by atoms with Crippen molar-refractivity contribution in [3.05, 3.63) is 57.2 Å². The summed E-state index contributed by atoms with van der Waals surface area (Å²) in [4.78, 5) is 33.8. The van der Waals surface area contributed by atoms with Crippen LogP contribution in [0.2, 0.25) is 0 Å². The van der Waals surface area contributed by atoms with Gasteiger partial charge in [-0.05, 0) is 99.7 Å². The maximum Gasteiger partial charge on any atom is 0.337 e. The van der Waals surface area contributed by atoms with Gasteiger partial charge in [0.05, 0.1) is 23.6 Å². The molecule has 0 unspecified atom stereocenters. The summed E-state index contributed by atoms with van der Waals surface area (Å²) in [5.74, 6) is -0.226. The molecule has 0 N–H and O–H groups in total. The van der Waals surface area contributed by atoms with Crippen molar-refractivity contribution in [1.29, 1.82) is 0 Å². The van der Waals surface area contributed by atoms with Crippen LogP contribution in [0.5, 0.6) is 0 Å². The van der Waals surface area contributed by atoms with E-state index in [2.05, 4.69) is 30.6 Å². The van der Waals surface area contributed by atoms with E-state index in [0.717, 1.165) is 64.0 Å². The number of rotatable bonds is 5. The van der Waals surface area contributed by atoms with E-state index in [0.29, 0.717) is 11.6 Å². The molecule has 38 heavy (non-hydrogen) atoms. The molecule has 5 rings (SSSR count). The van der Waals surface area contributed by atoms with Crippen LogP contribution < -0.4 is 0 Å². The molecule has 7 heteroatoms. The van der Waals surface area contributed by atoms with Gasteiger partial charge in [0.1, 0.15) is 0 Å². The molecular weight excluding hydrogens is 494 g/mol. The second-order valence-electron chi connectivity index (χ2n) is 10.9. The van der Waals surface area contributed by atoms with Gasteiger partial charge in [-0.2, -0.15) is 0 Å². The quantitative estimate of drug-likeness (QED) is 0.303. The Bertz CT molecular complexity index is 1280. The van der Waals surface area contributed by atoms with Crippen LogP contribution in [-0.2, 0) is 9.53 Å². The van der Waals surface area contributed by atoms with Crippen LogP contribution in [0.4, 0.5) is 0 Å². The van der Waals surface area contributed by atoms with Gasteiger partial charge in [0, 0.05) is 23.1 Å². The summed E-state index contributed by atoms with van der Waals surface area (Å²) >= 11 is 1.57. The molecule has 0 spiro atoms. The monoisotopic (exact) mass is 533 g/mol. The molecule has 2 aromatic rings. The second kappa shape index (κ2) is 11.5. The van der Waals surface area contributed by atoms with Crippen molar-refractivity contribution >= 4 is 34.9 Å². The summed E-state index contributed by atoms with van der Waals surface area (Å²) < 4.78 is 7.08. The summed E-state index contributed by atoms with van der Waals surface area (Å²) in [5.41, 5.74) is 5.74. The van der Waals surface area contributed by atoms with Gasteiger partial charge in [0.15, 0.2) is 5.17 Å². The van der Waals surface area contributed by atoms with Gasteiger partial charge in [0.25, 0.3) is 5.91 Å². The van der Waals surface area contributed by atoms with E-state index in [1.54, 1.807) is 17.8 Å². The summed E-state index contributed by atoms with van der Waals surface area (Å²) in [6.07, 6.45) is 13.8. The van der Waals surface area contributed by atoms with Crippen molar-refractivity contribution in [3.63, 3.8) is 0 Å². The minimum atomic E-state index is -0.337. The van der Waals surface area contributed by atoms with E-state index in [1.165, 1.54) is 45.6 Å². The number of esters is 1. The fourth-order valence-corrected chi connectivity index (χ4v) is 7.30. The number of amides is 1. The molecule has 6 nitrogen and oxygen atoms in total. The Hall–Kier alpha value is -2.80. The van der Waals surface area contributed by atoms with Gasteiger partial charge >= 0.3 is 5.97 Å². The number of thioether (sulfide) groups is 1. The van der Waals surface area contributed by atoms with Crippen LogP contribution >= 0.6 is 11.8 Å². The number of ether oxygens (including phenoxy) is 1. The lowest BCUT2D eigenvalue weighted by Crippen LogP contribution is -2.41. The predicted molar refractivity (Wildman–Crippen MR) is 155 cm³/mol. The zero-order chi connectivity index (χ0) is 26.8. The van der Waals surface area contributed by atoms with E-state index >= 15 is 0 Å². The minimum Gasteiger partial charge on any atom is -0.465 e. The molecule has 0 atom stereocenters. The van der Waals surface area contributed by atoms with E-state index in [4.69, 9.17) is 9.73 Å². The first kappa shape index (κ1) is 26.8. The third kappa shape index (κ3) is 5.35. The van der Waals surface area contributed by atoms with Gasteiger partial charge < -0.3 is 9.30 Å². The summed E-state index contributed by atoms with van der Waals surface area (Å²) in [6, 6.07) is 8.38. The lowest BCUT2D eigenvalue weighted by atomic mass is 9.94. The van der Waals surface area contributed by atoms with Gasteiger partial charge in [-0.15, -0.1) is 0 Å². The van der Waals surface area contributed by atoms with E-state index in [1.807, 2.05) is 24.0 Å². The van der Waals surface area contributed by atoms with Gasteiger partial charge in [-0.3, -0.25) is 14.7 Å². The predicted octanol–water partition coefficient (Wildman–Crippen LogP) is 7.13. The first-order valence-electron chi connectivity index (χ1n) is 14.1. The zero-order valence-electron chi connectivity index (χ0n) is 23.1. The first-order chi connectivity index (χ1) is 18.4. The normalized spacial score (nSPS) is 21.6. The summed E-state index contributed by atoms with van der Waals surface area (Å²) in [7, 11) is 1.40. The Morgan fingerprint density at radius 1 is 1.00 bits per heavy atom. The SMILES string of the molecule is COC(=O)c1ccc(-n2c(C)cc(C=C3SC(=NC4CCCCC4)N(C4CCCCC4)C3=O)c2C)c(C)c1. The van der Waals surface area contributed by atoms with Crippen LogP contribution in [0.1, 0.15) is 97.1 Å². The summed E-state index contributed by atoms with van der Waals surface area (Å²) in [6.45, 7) is 6.18. The second-order valence-corrected chi connectivity index (χ2v) is 11.9. The van der Waals surface area contributed by atoms with Gasteiger partial charge in [-0.1, -0.05) is 38.5 Å². The number of nitrogens with zero attached hydrogens (tertiary/aromatic N) is 3. The highest BCUT2D eigenvalue weighted by Gasteiger charge is 2.39. The number of aliphatic imine (C=N–C) groups is 1. The highest BCUT2D eigenvalue weighted by atomic mass is 32.2. The largest absolute Gasteiger partial charge is 0.465 e. The van der Waals surface area contributed by atoms with Gasteiger partial charge in [-0.25, -0.2) is 4.79 Å². The molecule has 1 aromatic carbocycles. The molecular formula is C31H39N3O3S. The van der Waals surface area contributed by atoms with Crippen molar-refractivity contribution < 1.29 is 14.3 Å². The number of carbonyl (C=O) groups is 2. The number of carbonyl (C=O) groups excluding carboxylic acids is 2. The topological polar surface area (TPSA) is 63.9 Å². The number of hydrogen-bond donors (Lipinski definition) is 0. The minimum absolute atomic E-state index is 0.111. The lowest BCUT2D eigenvalue weighted by molar-refractivity contribution is -0.124. The molecule has 3 aliphatic rings. The van der Waals surface area contributed by atoms with E-state index < -0.39 is 0 Å². The molecule has 1 saturated heterocycles. The van der Waals surface area contributed by atoms with Crippen molar-refractivity contribution in [2.24, 2.45) is 4.99 Å². The highest BCUT2D eigenvalue weighted by molar-refractivity contribution is 8.18. The fraction of sp³-hybridized carbons (Fsp3) is 0.516. The zero-order valence-corrected chi connectivity index (χ0v) is 23.9. The number of amidine groups is 1. The number of methoxy groups -OCH3 is 1. The molecule has 1 amide bonds. The Labute approximate surface area is 230 Å². The van der Waals surface area contributed by atoms with Crippen LogP contribution in [0.25, 0.3) is 11.8 Å². The van der Waals surface area contributed by atoms with Crippen LogP contribution in [0.15, 0.2) is 34.2 Å². The summed E-state index contributed by atoms with van der Waals surface area (Å²) in [5, 5.41) is 0.920. The van der Waals surface area contributed by atoms with Crippen molar-refractivity contribution in [3.8, 4) is 5.69 Å². The molecule has 0 bridgehead atoms. The molecule has 3 fully saturated rings. The fourth-order valence-electron chi connectivity index (χ4n) is 6.20. The highest BCUT2D eigenvalue weighted by Crippen LogP contribution is 2.39. The molecule has 0 radical (unpaired) electrons. The van der Waals surface area contributed by atoms with Gasteiger partial charge in [0.2, 0.25) is 0 Å². The first-order valence-corrected chi connectivity index (χ1v) is 14.9. The Morgan fingerprint density at radius 3 is 2.34 bits per heavy atom. The molecule has 2 saturated carbocycles. The Morgan fingerprint density at radius 2 is 1.68 bits per heavy atom. The number of aryl methyl sites for hydroxylation is 2. The van der Waals surface area contributed by atoms with Crippen molar-refractivity contribution in [2.45, 2.75) is 97.1 Å². The third-order valence-corrected chi connectivity index (χ3v) is 9.26. The van der Waals surface area contributed by atoms with Crippen LogP contribution in [0.3, 0.4) is 0 Å². The molecule has 202 valence electrons. The maximum atomic E-state index is 13.8. The maximum absolute atomic E-state index is 13.8. The average Bonchev–Trinajstić information content (AvgIpc) is 3.38. The Kier molecular flexibility index (Phi) is 8.12. The smallest absolute Gasteiger partial charge is 0.337 e. The average molecular weight is 534 g/mol.